The molecule has 2 atom stereocenters. The molecule has 2 aromatic heterocycles. The van der Waals surface area contributed by atoms with Crippen LogP contribution in [0.25, 0.3) is 5.69 Å². The Bertz CT molecular complexity index is 1570. The number of rotatable bonds is 8. The third-order valence-corrected chi connectivity index (χ3v) is 7.32. The average Bonchev–Trinajstić information content (AvgIpc) is 3.43. The lowest BCUT2D eigenvalue weighted by Crippen LogP contribution is -2.37. The van der Waals surface area contributed by atoms with E-state index >= 15 is 0 Å². The Morgan fingerprint density at radius 3 is 2.55 bits per heavy atom. The van der Waals surface area contributed by atoms with E-state index in [1.807, 2.05) is 77.9 Å². The topological polar surface area (TPSA) is 115 Å². The molecule has 0 bridgehead atoms. The van der Waals surface area contributed by atoms with Crippen LogP contribution in [-0.2, 0) is 4.79 Å². The number of anilines is 1. The van der Waals surface area contributed by atoms with Gasteiger partial charge in [-0.25, -0.2) is 0 Å². The molecule has 0 unspecified atom stereocenters. The van der Waals surface area contributed by atoms with Crippen LogP contribution in [0.3, 0.4) is 0 Å². The summed E-state index contributed by atoms with van der Waals surface area (Å²) in [5.74, 6) is 0.288. The molecule has 11 heteroatoms. The molecule has 1 aliphatic rings. The summed E-state index contributed by atoms with van der Waals surface area (Å²) < 4.78 is 7.50. The molecule has 1 aliphatic heterocycles. The molecule has 1 saturated heterocycles. The van der Waals surface area contributed by atoms with Crippen molar-refractivity contribution in [2.24, 2.45) is 0 Å². The lowest BCUT2D eigenvalue weighted by atomic mass is 9.96. The summed E-state index contributed by atoms with van der Waals surface area (Å²) in [6.45, 7) is 3.88. The van der Waals surface area contributed by atoms with Gasteiger partial charge in [0.25, 0.3) is 5.69 Å². The SMILES string of the molecule is COc1ccc([N+](=O)[O-])cc1-n1c(C)cc([C@H]2[C@H](c3ccccn3)NC(=S)N2CC(=O)Nc2ccccc2)c1C. The number of carbonyl (C=O) groups is 1. The Morgan fingerprint density at radius 1 is 1.12 bits per heavy atom. The molecule has 40 heavy (non-hydrogen) atoms. The summed E-state index contributed by atoms with van der Waals surface area (Å²) in [4.78, 5) is 30.7. The fourth-order valence-corrected chi connectivity index (χ4v) is 5.52. The minimum atomic E-state index is -0.429. The van der Waals surface area contributed by atoms with E-state index in [2.05, 4.69) is 15.6 Å². The molecular weight excluding hydrogens is 528 g/mol. The van der Waals surface area contributed by atoms with Crippen LogP contribution in [0.4, 0.5) is 11.4 Å². The first-order chi connectivity index (χ1) is 19.3. The molecule has 0 aliphatic carbocycles. The number of nitrogens with one attached hydrogen (secondary N) is 2. The fraction of sp³-hybridized carbons (Fsp3) is 0.207. The molecule has 1 fully saturated rings. The van der Waals surface area contributed by atoms with Crippen LogP contribution in [-0.4, -0.2) is 44.0 Å². The Hall–Kier alpha value is -4.77. The standard InChI is InChI=1S/C29H28N6O4S/c1-18-15-22(19(2)34(18)24-16-21(35(37)38)12-13-25(24)39-3)28-27(23-11-7-8-14-30-23)32-29(40)33(28)17-26(36)31-20-9-5-4-6-10-20/h4-16,27-28H,17H2,1-3H3,(H,31,36)(H,32,40)/t27-,28-/m0/s1. The quantitative estimate of drug-likeness (QED) is 0.177. The molecule has 10 nitrogen and oxygen atoms in total. The second-order valence-electron chi connectivity index (χ2n) is 9.44. The summed E-state index contributed by atoms with van der Waals surface area (Å²) in [7, 11) is 1.53. The number of aromatic nitrogens is 2. The van der Waals surface area contributed by atoms with Gasteiger partial charge >= 0.3 is 0 Å². The fourth-order valence-electron chi connectivity index (χ4n) is 5.22. The second-order valence-corrected chi connectivity index (χ2v) is 9.83. The second kappa shape index (κ2) is 11.1. The van der Waals surface area contributed by atoms with Crippen molar-refractivity contribution in [3.05, 3.63) is 112 Å². The summed E-state index contributed by atoms with van der Waals surface area (Å²) in [5, 5.41) is 18.3. The highest BCUT2D eigenvalue weighted by Crippen LogP contribution is 2.42. The van der Waals surface area contributed by atoms with E-state index in [9.17, 15) is 14.9 Å². The largest absolute Gasteiger partial charge is 0.495 e. The zero-order valence-electron chi connectivity index (χ0n) is 22.2. The van der Waals surface area contributed by atoms with Crippen LogP contribution in [0, 0.1) is 24.0 Å². The van der Waals surface area contributed by atoms with Crippen molar-refractivity contribution >= 4 is 34.6 Å². The Morgan fingerprint density at radius 2 is 1.88 bits per heavy atom. The van der Waals surface area contributed by atoms with Gasteiger partial charge in [-0.1, -0.05) is 24.3 Å². The summed E-state index contributed by atoms with van der Waals surface area (Å²) in [6.07, 6.45) is 1.72. The lowest BCUT2D eigenvalue weighted by molar-refractivity contribution is -0.384. The van der Waals surface area contributed by atoms with Gasteiger partial charge in [-0.05, 0) is 68.0 Å². The number of carbonyl (C=O) groups excluding carboxylic acids is 1. The monoisotopic (exact) mass is 556 g/mol. The van der Waals surface area contributed by atoms with Crippen LogP contribution in [0.5, 0.6) is 5.75 Å². The van der Waals surface area contributed by atoms with Crippen LogP contribution in [0.15, 0.2) is 79.0 Å². The summed E-state index contributed by atoms with van der Waals surface area (Å²) in [5.41, 5.74) is 4.56. The highest BCUT2D eigenvalue weighted by Gasteiger charge is 2.42. The minimum absolute atomic E-state index is 0.0124. The van der Waals surface area contributed by atoms with Crippen LogP contribution in [0.1, 0.15) is 34.7 Å². The number of amides is 1. The lowest BCUT2D eigenvalue weighted by Gasteiger charge is -2.27. The molecule has 0 radical (unpaired) electrons. The highest BCUT2D eigenvalue weighted by molar-refractivity contribution is 7.80. The maximum atomic E-state index is 13.2. The Kier molecular flexibility index (Phi) is 7.47. The first kappa shape index (κ1) is 26.8. The third-order valence-electron chi connectivity index (χ3n) is 6.97. The van der Waals surface area contributed by atoms with E-state index in [1.165, 1.54) is 19.2 Å². The number of hydrogen-bond acceptors (Lipinski definition) is 6. The van der Waals surface area contributed by atoms with E-state index in [0.717, 1.165) is 22.6 Å². The number of pyridine rings is 1. The number of benzene rings is 2. The normalized spacial score (nSPS) is 16.5. The first-order valence-corrected chi connectivity index (χ1v) is 13.0. The molecule has 2 aromatic carbocycles. The molecule has 0 saturated carbocycles. The van der Waals surface area contributed by atoms with E-state index in [0.29, 0.717) is 22.2 Å². The van der Waals surface area contributed by atoms with Gasteiger partial charge in [-0.2, -0.15) is 0 Å². The predicted octanol–water partition coefficient (Wildman–Crippen LogP) is 5.02. The molecule has 204 valence electrons. The zero-order valence-corrected chi connectivity index (χ0v) is 23.0. The third kappa shape index (κ3) is 5.10. The predicted molar refractivity (Wildman–Crippen MR) is 156 cm³/mol. The highest BCUT2D eigenvalue weighted by atomic mass is 32.1. The van der Waals surface area contributed by atoms with Gasteiger partial charge in [0.1, 0.15) is 12.3 Å². The van der Waals surface area contributed by atoms with Crippen molar-refractivity contribution < 1.29 is 14.5 Å². The first-order valence-electron chi connectivity index (χ1n) is 12.6. The summed E-state index contributed by atoms with van der Waals surface area (Å²) >= 11 is 5.74. The van der Waals surface area contributed by atoms with Gasteiger partial charge in [0.05, 0.1) is 35.5 Å². The number of nitro benzene ring substituents is 1. The van der Waals surface area contributed by atoms with Gasteiger partial charge in [-0.15, -0.1) is 0 Å². The maximum Gasteiger partial charge on any atom is 0.271 e. The molecule has 5 rings (SSSR count). The van der Waals surface area contributed by atoms with E-state index in [-0.39, 0.29) is 30.2 Å². The molecular formula is C29H28N6O4S. The van der Waals surface area contributed by atoms with Crippen LogP contribution < -0.4 is 15.4 Å². The van der Waals surface area contributed by atoms with E-state index in [4.69, 9.17) is 17.0 Å². The minimum Gasteiger partial charge on any atom is -0.495 e. The van der Waals surface area contributed by atoms with Crippen molar-refractivity contribution in [3.63, 3.8) is 0 Å². The van der Waals surface area contributed by atoms with Crippen molar-refractivity contribution in [1.82, 2.24) is 19.8 Å². The van der Waals surface area contributed by atoms with Crippen molar-refractivity contribution in [1.29, 1.82) is 0 Å². The smallest absolute Gasteiger partial charge is 0.271 e. The molecule has 3 heterocycles. The molecule has 0 spiro atoms. The van der Waals surface area contributed by atoms with Gasteiger partial charge < -0.3 is 24.8 Å². The van der Waals surface area contributed by atoms with Gasteiger partial charge in [0.2, 0.25) is 5.91 Å². The average molecular weight is 557 g/mol. The van der Waals surface area contributed by atoms with Crippen LogP contribution >= 0.6 is 12.2 Å². The Labute approximate surface area is 236 Å². The van der Waals surface area contributed by atoms with Crippen LogP contribution in [0.2, 0.25) is 0 Å². The maximum absolute atomic E-state index is 13.2. The van der Waals surface area contributed by atoms with Crippen molar-refractivity contribution in [3.8, 4) is 11.4 Å². The van der Waals surface area contributed by atoms with Crippen molar-refractivity contribution in [2.45, 2.75) is 25.9 Å². The Balaban J connectivity index is 1.59. The van der Waals surface area contributed by atoms with Gasteiger partial charge in [0.15, 0.2) is 5.11 Å². The number of nitrogens with zero attached hydrogens (tertiary/aromatic N) is 4. The summed E-state index contributed by atoms with van der Waals surface area (Å²) in [6, 6.07) is 20.7. The molecule has 2 N–H and O–H groups in total. The number of para-hydroxylation sites is 1. The number of ether oxygens (including phenoxy) is 1. The number of non-ortho nitro benzene ring substituents is 1. The number of methoxy groups -OCH3 is 1. The van der Waals surface area contributed by atoms with Gasteiger partial charge in [-0.3, -0.25) is 19.9 Å². The number of nitro groups is 1. The zero-order chi connectivity index (χ0) is 28.4. The number of thiocarbonyl (C=S) groups is 1. The number of aryl methyl sites for hydroxylation is 1. The number of hydrogen-bond donors (Lipinski definition) is 2. The molecule has 1 amide bonds. The van der Waals surface area contributed by atoms with E-state index < -0.39 is 4.92 Å². The molecule has 4 aromatic rings. The van der Waals surface area contributed by atoms with Gasteiger partial charge in [0, 0.05) is 35.4 Å². The van der Waals surface area contributed by atoms with Crippen molar-refractivity contribution in [2.75, 3.05) is 19.0 Å². The van der Waals surface area contributed by atoms with E-state index in [1.54, 1.807) is 12.3 Å².